The molecule has 0 unspecified atom stereocenters. The van der Waals surface area contributed by atoms with Gasteiger partial charge in [0.25, 0.3) is 5.91 Å². The van der Waals surface area contributed by atoms with Crippen molar-refractivity contribution in [3.63, 3.8) is 0 Å². The summed E-state index contributed by atoms with van der Waals surface area (Å²) >= 11 is 0. The molecule has 2 aliphatic rings. The molecule has 132 valence electrons. The zero-order valence-electron chi connectivity index (χ0n) is 14.5. The Bertz CT molecular complexity index is 580. The van der Waals surface area contributed by atoms with Crippen molar-refractivity contribution in [2.75, 3.05) is 40.0 Å². The van der Waals surface area contributed by atoms with Crippen molar-refractivity contribution in [3.05, 3.63) is 23.9 Å². The summed E-state index contributed by atoms with van der Waals surface area (Å²) in [6.07, 6.45) is 4.71. The summed E-state index contributed by atoms with van der Waals surface area (Å²) < 4.78 is 17.0. The van der Waals surface area contributed by atoms with Gasteiger partial charge in [0.15, 0.2) is 0 Å². The molecule has 0 spiro atoms. The molecule has 0 aromatic carbocycles. The molecule has 2 saturated heterocycles. The summed E-state index contributed by atoms with van der Waals surface area (Å²) in [5.74, 6) is 0.350. The highest BCUT2D eigenvalue weighted by Crippen LogP contribution is 2.41. The second-order valence-corrected chi connectivity index (χ2v) is 6.54. The van der Waals surface area contributed by atoms with Crippen LogP contribution in [0.4, 0.5) is 0 Å². The Hall–Kier alpha value is -1.66. The van der Waals surface area contributed by atoms with E-state index in [1.165, 1.54) is 7.11 Å². The van der Waals surface area contributed by atoms with Crippen LogP contribution in [-0.4, -0.2) is 61.9 Å². The van der Waals surface area contributed by atoms with E-state index in [2.05, 4.69) is 4.98 Å². The van der Waals surface area contributed by atoms with Gasteiger partial charge in [-0.1, -0.05) is 0 Å². The maximum absolute atomic E-state index is 13.0. The smallest absolute Gasteiger partial charge is 0.259 e. The third-order valence-electron chi connectivity index (χ3n) is 5.06. The van der Waals surface area contributed by atoms with E-state index in [4.69, 9.17) is 14.2 Å². The summed E-state index contributed by atoms with van der Waals surface area (Å²) in [7, 11) is 1.54. The maximum atomic E-state index is 13.0. The normalized spacial score (nSPS) is 26.8. The van der Waals surface area contributed by atoms with Gasteiger partial charge in [-0.05, 0) is 38.3 Å². The van der Waals surface area contributed by atoms with E-state index in [1.807, 2.05) is 11.8 Å². The molecule has 0 bridgehead atoms. The van der Waals surface area contributed by atoms with Crippen LogP contribution in [0.25, 0.3) is 0 Å². The van der Waals surface area contributed by atoms with Crippen LogP contribution in [0.5, 0.6) is 5.88 Å². The average molecular weight is 334 g/mol. The summed E-state index contributed by atoms with van der Waals surface area (Å²) in [6.45, 7) is 5.48. The van der Waals surface area contributed by atoms with Crippen LogP contribution in [0.1, 0.15) is 36.5 Å². The zero-order valence-corrected chi connectivity index (χ0v) is 14.5. The van der Waals surface area contributed by atoms with Gasteiger partial charge < -0.3 is 19.1 Å². The van der Waals surface area contributed by atoms with Crippen molar-refractivity contribution in [3.8, 4) is 5.88 Å². The first kappa shape index (κ1) is 17.2. The number of hydrogen-bond acceptors (Lipinski definition) is 5. The monoisotopic (exact) mass is 334 g/mol. The van der Waals surface area contributed by atoms with Crippen molar-refractivity contribution in [2.45, 2.75) is 32.3 Å². The number of nitrogens with zero attached hydrogens (tertiary/aromatic N) is 2. The summed E-state index contributed by atoms with van der Waals surface area (Å²) in [5.41, 5.74) is 0.416. The highest BCUT2D eigenvalue weighted by atomic mass is 16.5. The molecule has 0 saturated carbocycles. The Kier molecular flexibility index (Phi) is 5.36. The van der Waals surface area contributed by atoms with Gasteiger partial charge in [-0.2, -0.15) is 0 Å². The fourth-order valence-electron chi connectivity index (χ4n) is 3.87. The van der Waals surface area contributed by atoms with Crippen molar-refractivity contribution < 1.29 is 19.0 Å². The number of hydrogen-bond donors (Lipinski definition) is 0. The largest absolute Gasteiger partial charge is 0.480 e. The first-order valence-corrected chi connectivity index (χ1v) is 8.68. The van der Waals surface area contributed by atoms with Crippen LogP contribution in [0, 0.1) is 5.41 Å². The molecule has 6 heteroatoms. The number of carbonyl (C=O) groups is 1. The van der Waals surface area contributed by atoms with Crippen molar-refractivity contribution in [2.24, 2.45) is 5.41 Å². The first-order chi connectivity index (χ1) is 11.7. The summed E-state index contributed by atoms with van der Waals surface area (Å²) in [5, 5.41) is 0. The topological polar surface area (TPSA) is 60.9 Å². The number of piperidine rings is 1. The Morgan fingerprint density at radius 1 is 1.54 bits per heavy atom. The van der Waals surface area contributed by atoms with Crippen LogP contribution >= 0.6 is 0 Å². The zero-order chi connectivity index (χ0) is 17.0. The number of methoxy groups -OCH3 is 1. The number of fused-ring (bicyclic) bond motifs is 1. The molecule has 0 N–H and O–H groups in total. The van der Waals surface area contributed by atoms with Gasteiger partial charge in [0.05, 0.1) is 19.8 Å². The van der Waals surface area contributed by atoms with Gasteiger partial charge in [-0.25, -0.2) is 4.98 Å². The fourth-order valence-corrected chi connectivity index (χ4v) is 3.87. The van der Waals surface area contributed by atoms with Crippen LogP contribution in [0.3, 0.4) is 0 Å². The number of likely N-dealkylation sites (tertiary alicyclic amines) is 1. The number of rotatable bonds is 5. The van der Waals surface area contributed by atoms with E-state index >= 15 is 0 Å². The molecule has 3 rings (SSSR count). The van der Waals surface area contributed by atoms with Gasteiger partial charge in [0.1, 0.15) is 5.56 Å². The van der Waals surface area contributed by atoms with E-state index < -0.39 is 0 Å². The summed E-state index contributed by atoms with van der Waals surface area (Å²) in [6, 6.07) is 3.54. The van der Waals surface area contributed by atoms with Crippen molar-refractivity contribution in [1.29, 1.82) is 0 Å². The maximum Gasteiger partial charge on any atom is 0.259 e. The van der Waals surface area contributed by atoms with Gasteiger partial charge >= 0.3 is 0 Å². The molecule has 3 heterocycles. The van der Waals surface area contributed by atoms with Crippen molar-refractivity contribution in [1.82, 2.24) is 9.88 Å². The Labute approximate surface area is 143 Å². The minimum atomic E-state index is -0.0996. The lowest BCUT2D eigenvalue weighted by Gasteiger charge is -2.50. The highest BCUT2D eigenvalue weighted by molar-refractivity contribution is 5.96. The molecular formula is C18H26N2O4. The lowest BCUT2D eigenvalue weighted by atomic mass is 9.73. The van der Waals surface area contributed by atoms with Gasteiger partial charge in [-0.3, -0.25) is 4.79 Å². The number of amides is 1. The molecule has 2 fully saturated rings. The third kappa shape index (κ3) is 3.26. The molecule has 1 aromatic rings. The molecule has 2 atom stereocenters. The number of carbonyl (C=O) groups excluding carboxylic acids is 1. The average Bonchev–Trinajstić information content (AvgIpc) is 2.65. The number of pyridine rings is 1. The van der Waals surface area contributed by atoms with Gasteiger partial charge in [-0.15, -0.1) is 0 Å². The lowest BCUT2D eigenvalue weighted by Crippen LogP contribution is -2.58. The number of ether oxygens (including phenoxy) is 3. The minimum absolute atomic E-state index is 0.0279. The van der Waals surface area contributed by atoms with E-state index in [1.54, 1.807) is 18.3 Å². The van der Waals surface area contributed by atoms with E-state index in [0.29, 0.717) is 37.7 Å². The Morgan fingerprint density at radius 3 is 3.21 bits per heavy atom. The molecule has 1 aromatic heterocycles. The van der Waals surface area contributed by atoms with E-state index in [-0.39, 0.29) is 17.4 Å². The SMILES string of the molecule is CCOC[C@@]12CCCO[C@H]1CCN(C(=O)c1cccnc1OC)C2. The molecule has 0 radical (unpaired) electrons. The van der Waals surface area contributed by atoms with Crippen LogP contribution in [0.2, 0.25) is 0 Å². The summed E-state index contributed by atoms with van der Waals surface area (Å²) in [4.78, 5) is 19.0. The number of aromatic nitrogens is 1. The molecular weight excluding hydrogens is 308 g/mol. The second kappa shape index (κ2) is 7.49. The third-order valence-corrected chi connectivity index (χ3v) is 5.06. The Morgan fingerprint density at radius 2 is 2.42 bits per heavy atom. The predicted octanol–water partition coefficient (Wildman–Crippen LogP) is 2.14. The van der Waals surface area contributed by atoms with Crippen LogP contribution in [-0.2, 0) is 9.47 Å². The van der Waals surface area contributed by atoms with Crippen LogP contribution in [0.15, 0.2) is 18.3 Å². The Balaban J connectivity index is 1.80. The molecule has 0 aliphatic carbocycles. The highest BCUT2D eigenvalue weighted by Gasteiger charge is 2.47. The molecule has 1 amide bonds. The van der Waals surface area contributed by atoms with E-state index in [0.717, 1.165) is 25.9 Å². The molecule has 6 nitrogen and oxygen atoms in total. The van der Waals surface area contributed by atoms with Crippen molar-refractivity contribution >= 4 is 5.91 Å². The predicted molar refractivity (Wildman–Crippen MR) is 89.2 cm³/mol. The quantitative estimate of drug-likeness (QED) is 0.825. The van der Waals surface area contributed by atoms with Crippen LogP contribution < -0.4 is 4.74 Å². The fraction of sp³-hybridized carbons (Fsp3) is 0.667. The standard InChI is InChI=1S/C18H26N2O4/c1-3-23-13-18-8-5-11-24-15(18)7-10-20(12-18)17(21)14-6-4-9-19-16(14)22-2/h4,6,9,15H,3,5,7-8,10-13H2,1-2H3/t15-,18-/m0/s1. The second-order valence-electron chi connectivity index (χ2n) is 6.54. The van der Waals surface area contributed by atoms with Gasteiger partial charge in [0.2, 0.25) is 5.88 Å². The minimum Gasteiger partial charge on any atom is -0.480 e. The van der Waals surface area contributed by atoms with E-state index in [9.17, 15) is 4.79 Å². The van der Waals surface area contributed by atoms with Gasteiger partial charge in [0, 0.05) is 37.9 Å². The molecule has 24 heavy (non-hydrogen) atoms. The molecule has 2 aliphatic heterocycles. The first-order valence-electron chi connectivity index (χ1n) is 8.68. The lowest BCUT2D eigenvalue weighted by molar-refractivity contribution is -0.146.